The highest BCUT2D eigenvalue weighted by Gasteiger charge is 2.26. The molecule has 1 heterocycles. The van der Waals surface area contributed by atoms with E-state index in [0.29, 0.717) is 11.3 Å². The minimum absolute atomic E-state index is 0.0409. The molecule has 1 aromatic heterocycles. The molecule has 1 amide bonds. The number of carbonyl (C=O) groups is 2. The van der Waals surface area contributed by atoms with Gasteiger partial charge in [-0.3, -0.25) is 4.79 Å². The van der Waals surface area contributed by atoms with Crippen LogP contribution in [0.2, 0.25) is 0 Å². The number of amides is 1. The van der Waals surface area contributed by atoms with Crippen LogP contribution in [0.1, 0.15) is 23.9 Å². The summed E-state index contributed by atoms with van der Waals surface area (Å²) in [6.07, 6.45) is -0.852. The molecular weight excluding hydrogens is 344 g/mol. The lowest BCUT2D eigenvalue weighted by Crippen LogP contribution is -2.40. The molecule has 0 saturated heterocycles. The Hall–Kier alpha value is -3.59. The first kappa shape index (κ1) is 18.2. The largest absolute Gasteiger partial charge is 0.449 e. The zero-order valence-corrected chi connectivity index (χ0v) is 14.8. The number of benzene rings is 2. The highest BCUT2D eigenvalue weighted by atomic mass is 16.6. The molecule has 0 spiro atoms. The summed E-state index contributed by atoms with van der Waals surface area (Å²) in [5, 5.41) is 9.64. The predicted octanol–water partition coefficient (Wildman–Crippen LogP) is 3.92. The number of hydrogen-bond donors (Lipinski definition) is 0. The number of para-hydroxylation sites is 2. The van der Waals surface area contributed by atoms with E-state index < -0.39 is 18.0 Å². The van der Waals surface area contributed by atoms with Gasteiger partial charge in [-0.1, -0.05) is 36.4 Å². The first-order chi connectivity index (χ1) is 13.1. The van der Waals surface area contributed by atoms with E-state index in [0.717, 1.165) is 5.39 Å². The van der Waals surface area contributed by atoms with E-state index >= 15 is 0 Å². The number of carbonyl (C=O) groups excluding carboxylic acids is 2. The third-order valence-electron chi connectivity index (χ3n) is 4.04. The van der Waals surface area contributed by atoms with Crippen molar-refractivity contribution in [3.05, 3.63) is 66.4 Å². The van der Waals surface area contributed by atoms with Gasteiger partial charge in [0.2, 0.25) is 5.76 Å². The number of nitrogens with zero attached hydrogens (tertiary/aromatic N) is 2. The molecule has 0 N–H and O–H groups in total. The van der Waals surface area contributed by atoms with Crippen molar-refractivity contribution in [3.63, 3.8) is 0 Å². The molecule has 2 aromatic carbocycles. The molecule has 3 rings (SSSR count). The SMILES string of the molecule is C[C@@H](OC(=O)c1cc2ccccc2o1)C(=O)N(CCC#N)c1ccccc1. The topological polar surface area (TPSA) is 83.5 Å². The Labute approximate surface area is 156 Å². The molecule has 6 nitrogen and oxygen atoms in total. The van der Waals surface area contributed by atoms with Crippen LogP contribution in [0.5, 0.6) is 0 Å². The van der Waals surface area contributed by atoms with Gasteiger partial charge >= 0.3 is 5.97 Å². The zero-order valence-electron chi connectivity index (χ0n) is 14.8. The van der Waals surface area contributed by atoms with Crippen molar-refractivity contribution in [3.8, 4) is 6.07 Å². The first-order valence-electron chi connectivity index (χ1n) is 8.53. The lowest BCUT2D eigenvalue weighted by Gasteiger charge is -2.24. The molecule has 0 aliphatic rings. The molecule has 0 fully saturated rings. The summed E-state index contributed by atoms with van der Waals surface area (Å²) in [5.74, 6) is -1.07. The molecule has 6 heteroatoms. The summed E-state index contributed by atoms with van der Waals surface area (Å²) in [7, 11) is 0. The molecule has 3 aromatic rings. The van der Waals surface area contributed by atoms with Crippen LogP contribution in [-0.4, -0.2) is 24.5 Å². The Morgan fingerprint density at radius 2 is 1.85 bits per heavy atom. The van der Waals surface area contributed by atoms with Crippen LogP contribution in [0.25, 0.3) is 11.0 Å². The first-order valence-corrected chi connectivity index (χ1v) is 8.53. The van der Waals surface area contributed by atoms with Crippen LogP contribution in [-0.2, 0) is 9.53 Å². The predicted molar refractivity (Wildman–Crippen MR) is 100 cm³/mol. The quantitative estimate of drug-likeness (QED) is 0.621. The lowest BCUT2D eigenvalue weighted by molar-refractivity contribution is -0.126. The normalized spacial score (nSPS) is 11.6. The van der Waals surface area contributed by atoms with E-state index in [2.05, 4.69) is 0 Å². The average Bonchev–Trinajstić information content (AvgIpc) is 3.13. The number of hydrogen-bond acceptors (Lipinski definition) is 5. The fourth-order valence-electron chi connectivity index (χ4n) is 2.71. The van der Waals surface area contributed by atoms with Crippen LogP contribution in [0, 0.1) is 11.3 Å². The maximum Gasteiger partial charge on any atom is 0.375 e. The minimum atomic E-state index is -1.02. The highest BCUT2D eigenvalue weighted by molar-refractivity contribution is 5.99. The van der Waals surface area contributed by atoms with Crippen LogP contribution >= 0.6 is 0 Å². The van der Waals surface area contributed by atoms with Crippen molar-refractivity contribution >= 4 is 28.5 Å². The van der Waals surface area contributed by atoms with E-state index in [1.165, 1.54) is 11.8 Å². The third-order valence-corrected chi connectivity index (χ3v) is 4.04. The van der Waals surface area contributed by atoms with E-state index in [1.807, 2.05) is 24.3 Å². The van der Waals surface area contributed by atoms with Crippen molar-refractivity contribution in [2.24, 2.45) is 0 Å². The maximum absolute atomic E-state index is 12.8. The highest BCUT2D eigenvalue weighted by Crippen LogP contribution is 2.21. The van der Waals surface area contributed by atoms with Crippen molar-refractivity contribution in [1.82, 2.24) is 0 Å². The van der Waals surface area contributed by atoms with Gasteiger partial charge in [-0.05, 0) is 31.2 Å². The Morgan fingerprint density at radius 3 is 2.56 bits per heavy atom. The van der Waals surface area contributed by atoms with Crippen molar-refractivity contribution in [2.75, 3.05) is 11.4 Å². The summed E-state index contributed by atoms with van der Waals surface area (Å²) in [5.41, 5.74) is 1.22. The average molecular weight is 362 g/mol. The summed E-state index contributed by atoms with van der Waals surface area (Å²) in [6, 6.07) is 19.8. The Balaban J connectivity index is 1.74. The summed E-state index contributed by atoms with van der Waals surface area (Å²) in [6.45, 7) is 1.72. The van der Waals surface area contributed by atoms with Gasteiger partial charge in [0.05, 0.1) is 12.5 Å². The summed E-state index contributed by atoms with van der Waals surface area (Å²) >= 11 is 0. The van der Waals surface area contributed by atoms with Gasteiger partial charge in [0.1, 0.15) is 5.58 Å². The van der Waals surface area contributed by atoms with Gasteiger partial charge in [-0.2, -0.15) is 5.26 Å². The smallest absolute Gasteiger partial charge is 0.375 e. The fraction of sp³-hybridized carbons (Fsp3) is 0.190. The zero-order chi connectivity index (χ0) is 19.2. The molecule has 27 heavy (non-hydrogen) atoms. The molecule has 0 aliphatic heterocycles. The second-order valence-electron chi connectivity index (χ2n) is 5.93. The Morgan fingerprint density at radius 1 is 1.15 bits per heavy atom. The number of rotatable bonds is 6. The summed E-state index contributed by atoms with van der Waals surface area (Å²) < 4.78 is 10.8. The summed E-state index contributed by atoms with van der Waals surface area (Å²) in [4.78, 5) is 26.6. The van der Waals surface area contributed by atoms with Crippen molar-refractivity contribution in [2.45, 2.75) is 19.4 Å². The maximum atomic E-state index is 12.8. The number of ether oxygens (including phenoxy) is 1. The van der Waals surface area contributed by atoms with Crippen LogP contribution in [0.3, 0.4) is 0 Å². The van der Waals surface area contributed by atoms with Gasteiger partial charge in [-0.25, -0.2) is 4.79 Å². The second-order valence-corrected chi connectivity index (χ2v) is 5.93. The van der Waals surface area contributed by atoms with Crippen LogP contribution < -0.4 is 4.90 Å². The molecule has 0 bridgehead atoms. The third kappa shape index (κ3) is 4.15. The minimum Gasteiger partial charge on any atom is -0.449 e. The molecule has 0 aliphatic carbocycles. The van der Waals surface area contributed by atoms with E-state index in [-0.39, 0.29) is 18.7 Å². The van der Waals surface area contributed by atoms with Gasteiger partial charge in [0, 0.05) is 17.6 Å². The molecule has 0 radical (unpaired) electrons. The number of esters is 1. The molecular formula is C21H18N2O4. The van der Waals surface area contributed by atoms with E-state index in [1.54, 1.807) is 42.5 Å². The number of fused-ring (bicyclic) bond motifs is 1. The number of anilines is 1. The standard InChI is InChI=1S/C21H18N2O4/c1-15(20(24)23(13-7-12-22)17-9-3-2-4-10-17)26-21(25)19-14-16-8-5-6-11-18(16)27-19/h2-6,8-11,14-15H,7,13H2,1H3/t15-/m1/s1. The fourth-order valence-corrected chi connectivity index (χ4v) is 2.71. The Kier molecular flexibility index (Phi) is 5.53. The van der Waals surface area contributed by atoms with Crippen LogP contribution in [0.15, 0.2) is 65.1 Å². The Bertz CT molecular complexity index is 955. The lowest BCUT2D eigenvalue weighted by atomic mass is 10.2. The number of nitriles is 1. The van der Waals surface area contributed by atoms with E-state index in [4.69, 9.17) is 14.4 Å². The molecule has 1 atom stereocenters. The van der Waals surface area contributed by atoms with Crippen LogP contribution in [0.4, 0.5) is 5.69 Å². The molecule has 0 unspecified atom stereocenters. The molecule has 0 saturated carbocycles. The van der Waals surface area contributed by atoms with Gasteiger partial charge in [0.25, 0.3) is 5.91 Å². The van der Waals surface area contributed by atoms with Gasteiger partial charge < -0.3 is 14.1 Å². The van der Waals surface area contributed by atoms with Crippen molar-refractivity contribution < 1.29 is 18.7 Å². The number of furan rings is 1. The van der Waals surface area contributed by atoms with Crippen molar-refractivity contribution in [1.29, 1.82) is 5.26 Å². The monoisotopic (exact) mass is 362 g/mol. The van der Waals surface area contributed by atoms with Gasteiger partial charge in [-0.15, -0.1) is 0 Å². The second kappa shape index (κ2) is 8.19. The molecule has 136 valence electrons. The van der Waals surface area contributed by atoms with E-state index in [9.17, 15) is 9.59 Å². The van der Waals surface area contributed by atoms with Gasteiger partial charge in [0.15, 0.2) is 6.10 Å².